The van der Waals surface area contributed by atoms with Crippen LogP contribution in [-0.2, 0) is 17.6 Å². The Morgan fingerprint density at radius 2 is 1.92 bits per heavy atom. The number of aromatic amines is 1. The van der Waals surface area contributed by atoms with Crippen molar-refractivity contribution in [1.82, 2.24) is 15.2 Å². The monoisotopic (exact) mass is 338 g/mol. The number of hydrogen-bond donors (Lipinski definition) is 2. The first-order valence-electron chi connectivity index (χ1n) is 8.01. The average molecular weight is 338 g/mol. The summed E-state index contributed by atoms with van der Waals surface area (Å²) < 4.78 is 13.5. The summed E-state index contributed by atoms with van der Waals surface area (Å²) in [4.78, 5) is 16.4. The van der Waals surface area contributed by atoms with Crippen LogP contribution in [0.15, 0.2) is 42.5 Å². The minimum Gasteiger partial charge on any atom is -0.326 e. The van der Waals surface area contributed by atoms with Gasteiger partial charge in [0, 0.05) is 12.1 Å². The largest absolute Gasteiger partial charge is 0.326 e. The van der Waals surface area contributed by atoms with E-state index in [-0.39, 0.29) is 18.1 Å². The molecule has 0 radical (unpaired) electrons. The molecule has 0 aliphatic rings. The van der Waals surface area contributed by atoms with Gasteiger partial charge in [0.05, 0.1) is 6.42 Å². The van der Waals surface area contributed by atoms with Gasteiger partial charge in [-0.15, -0.1) is 0 Å². The Balaban J connectivity index is 1.59. The van der Waals surface area contributed by atoms with Gasteiger partial charge in [-0.1, -0.05) is 35.9 Å². The summed E-state index contributed by atoms with van der Waals surface area (Å²) in [5.74, 6) is 0.473. The van der Waals surface area contributed by atoms with Crippen LogP contribution >= 0.6 is 0 Å². The molecular formula is C19H19FN4O. The van der Waals surface area contributed by atoms with Gasteiger partial charge in [0.25, 0.3) is 0 Å². The van der Waals surface area contributed by atoms with Crippen molar-refractivity contribution in [2.24, 2.45) is 0 Å². The molecule has 2 aromatic carbocycles. The van der Waals surface area contributed by atoms with E-state index in [1.165, 1.54) is 11.6 Å². The fourth-order valence-corrected chi connectivity index (χ4v) is 2.41. The van der Waals surface area contributed by atoms with Gasteiger partial charge in [-0.3, -0.25) is 9.89 Å². The van der Waals surface area contributed by atoms with Gasteiger partial charge in [0.15, 0.2) is 5.82 Å². The van der Waals surface area contributed by atoms with Crippen LogP contribution in [-0.4, -0.2) is 21.1 Å². The zero-order chi connectivity index (χ0) is 17.8. The first-order chi connectivity index (χ1) is 12.0. The zero-order valence-electron chi connectivity index (χ0n) is 14.1. The molecular weight excluding hydrogens is 319 g/mol. The van der Waals surface area contributed by atoms with Crippen LogP contribution < -0.4 is 5.32 Å². The second-order valence-corrected chi connectivity index (χ2v) is 6.05. The van der Waals surface area contributed by atoms with Crippen molar-refractivity contribution < 1.29 is 9.18 Å². The summed E-state index contributed by atoms with van der Waals surface area (Å²) in [5, 5.41) is 9.58. The highest BCUT2D eigenvalue weighted by Crippen LogP contribution is 2.14. The standard InChI is InChI=1S/C19H19FN4O/c1-12-3-6-14(7-4-12)9-17-22-18(24-23-17)11-19(25)21-15-8-5-13(2)16(20)10-15/h3-8,10H,9,11H2,1-2H3,(H,21,25)(H,22,23,24). The summed E-state index contributed by atoms with van der Waals surface area (Å²) in [6.07, 6.45) is 0.651. The van der Waals surface area contributed by atoms with Crippen LogP contribution in [0.5, 0.6) is 0 Å². The van der Waals surface area contributed by atoms with E-state index in [0.717, 1.165) is 5.56 Å². The molecule has 0 aliphatic carbocycles. The molecule has 0 spiro atoms. The highest BCUT2D eigenvalue weighted by molar-refractivity contribution is 5.91. The van der Waals surface area contributed by atoms with E-state index in [4.69, 9.17) is 0 Å². The number of carbonyl (C=O) groups is 1. The minimum absolute atomic E-state index is 0.0277. The summed E-state index contributed by atoms with van der Waals surface area (Å²) in [7, 11) is 0. The van der Waals surface area contributed by atoms with Gasteiger partial charge >= 0.3 is 0 Å². The van der Waals surface area contributed by atoms with Crippen molar-refractivity contribution in [3.8, 4) is 0 Å². The third kappa shape index (κ3) is 4.50. The molecule has 0 unspecified atom stereocenters. The second-order valence-electron chi connectivity index (χ2n) is 6.05. The van der Waals surface area contributed by atoms with Crippen LogP contribution in [0.4, 0.5) is 10.1 Å². The molecule has 25 heavy (non-hydrogen) atoms. The number of aromatic nitrogens is 3. The number of aryl methyl sites for hydroxylation is 2. The van der Waals surface area contributed by atoms with E-state index in [9.17, 15) is 9.18 Å². The lowest BCUT2D eigenvalue weighted by Crippen LogP contribution is -2.15. The molecule has 0 saturated carbocycles. The summed E-state index contributed by atoms with van der Waals surface area (Å²) in [6.45, 7) is 3.71. The van der Waals surface area contributed by atoms with Crippen LogP contribution in [0.3, 0.4) is 0 Å². The quantitative estimate of drug-likeness (QED) is 0.749. The number of nitrogens with zero attached hydrogens (tertiary/aromatic N) is 2. The molecule has 3 aromatic rings. The van der Waals surface area contributed by atoms with Crippen LogP contribution in [0.25, 0.3) is 0 Å². The average Bonchev–Trinajstić information content (AvgIpc) is 3.00. The third-order valence-corrected chi connectivity index (χ3v) is 3.84. The minimum atomic E-state index is -0.351. The molecule has 0 aliphatic heterocycles. The highest BCUT2D eigenvalue weighted by atomic mass is 19.1. The summed E-state index contributed by atoms with van der Waals surface area (Å²) in [5.41, 5.74) is 3.27. The van der Waals surface area contributed by atoms with Crippen LogP contribution in [0.1, 0.15) is 28.3 Å². The fraction of sp³-hybridized carbons (Fsp3) is 0.211. The molecule has 1 aromatic heterocycles. The van der Waals surface area contributed by atoms with Crippen molar-refractivity contribution in [1.29, 1.82) is 0 Å². The normalized spacial score (nSPS) is 10.7. The summed E-state index contributed by atoms with van der Waals surface area (Å²) >= 11 is 0. The molecule has 3 rings (SSSR count). The molecule has 5 nitrogen and oxygen atoms in total. The van der Waals surface area contributed by atoms with Crippen molar-refractivity contribution >= 4 is 11.6 Å². The van der Waals surface area contributed by atoms with Crippen LogP contribution in [0, 0.1) is 19.7 Å². The molecule has 128 valence electrons. The van der Waals surface area contributed by atoms with E-state index < -0.39 is 0 Å². The predicted molar refractivity (Wildman–Crippen MR) is 93.8 cm³/mol. The number of anilines is 1. The molecule has 2 N–H and O–H groups in total. The number of carbonyl (C=O) groups excluding carboxylic acids is 1. The Hall–Kier alpha value is -3.02. The number of amides is 1. The maximum Gasteiger partial charge on any atom is 0.232 e. The molecule has 0 fully saturated rings. The lowest BCUT2D eigenvalue weighted by molar-refractivity contribution is -0.115. The van der Waals surface area contributed by atoms with Crippen molar-refractivity contribution in [2.45, 2.75) is 26.7 Å². The fourth-order valence-electron chi connectivity index (χ4n) is 2.41. The van der Waals surface area contributed by atoms with E-state index in [1.807, 2.05) is 31.2 Å². The van der Waals surface area contributed by atoms with E-state index in [2.05, 4.69) is 20.5 Å². The lowest BCUT2D eigenvalue weighted by atomic mass is 10.1. The number of H-pyrrole nitrogens is 1. The highest BCUT2D eigenvalue weighted by Gasteiger charge is 2.10. The number of halogens is 1. The third-order valence-electron chi connectivity index (χ3n) is 3.84. The number of benzene rings is 2. The Morgan fingerprint density at radius 1 is 1.16 bits per heavy atom. The van der Waals surface area contributed by atoms with E-state index in [0.29, 0.717) is 29.3 Å². The number of nitrogens with one attached hydrogen (secondary N) is 2. The lowest BCUT2D eigenvalue weighted by Gasteiger charge is -2.05. The number of rotatable bonds is 5. The molecule has 0 saturated heterocycles. The SMILES string of the molecule is Cc1ccc(Cc2nc(CC(=O)Nc3ccc(C)c(F)c3)n[nH]2)cc1. The first-order valence-corrected chi connectivity index (χ1v) is 8.01. The van der Waals surface area contributed by atoms with E-state index in [1.54, 1.807) is 19.1 Å². The Morgan fingerprint density at radius 3 is 2.64 bits per heavy atom. The van der Waals surface area contributed by atoms with E-state index >= 15 is 0 Å². The van der Waals surface area contributed by atoms with Gasteiger partial charge < -0.3 is 5.32 Å². The molecule has 1 amide bonds. The Kier molecular flexibility index (Phi) is 4.88. The first kappa shape index (κ1) is 16.8. The van der Waals surface area contributed by atoms with Crippen molar-refractivity contribution in [3.63, 3.8) is 0 Å². The molecule has 0 atom stereocenters. The molecule has 1 heterocycles. The predicted octanol–water partition coefficient (Wildman–Crippen LogP) is 3.33. The maximum atomic E-state index is 13.5. The van der Waals surface area contributed by atoms with Gasteiger partial charge in [0.1, 0.15) is 11.6 Å². The molecule has 6 heteroatoms. The van der Waals surface area contributed by atoms with Gasteiger partial charge in [-0.25, -0.2) is 9.37 Å². The van der Waals surface area contributed by atoms with Gasteiger partial charge in [0.2, 0.25) is 5.91 Å². The second kappa shape index (κ2) is 7.25. The van der Waals surface area contributed by atoms with Gasteiger partial charge in [-0.2, -0.15) is 5.10 Å². The number of hydrogen-bond acceptors (Lipinski definition) is 3. The Bertz CT molecular complexity index is 887. The molecule has 0 bridgehead atoms. The maximum absolute atomic E-state index is 13.5. The topological polar surface area (TPSA) is 70.7 Å². The van der Waals surface area contributed by atoms with Gasteiger partial charge in [-0.05, 0) is 37.1 Å². The van der Waals surface area contributed by atoms with Crippen LogP contribution in [0.2, 0.25) is 0 Å². The smallest absolute Gasteiger partial charge is 0.232 e. The Labute approximate surface area is 145 Å². The van der Waals surface area contributed by atoms with Crippen molar-refractivity contribution in [3.05, 3.63) is 76.6 Å². The zero-order valence-corrected chi connectivity index (χ0v) is 14.1. The van der Waals surface area contributed by atoms with Crippen molar-refractivity contribution in [2.75, 3.05) is 5.32 Å². The summed E-state index contributed by atoms with van der Waals surface area (Å²) in [6, 6.07) is 12.7.